The Bertz CT molecular complexity index is 444. The molecular weight excluding hydrogens is 236 g/mol. The maximum Gasteiger partial charge on any atom is 0.265 e. The quantitative estimate of drug-likeness (QED) is 0.483. The molecule has 1 amide bonds. The van der Waals surface area contributed by atoms with Crippen LogP contribution in [0.5, 0.6) is 0 Å². The first-order valence-electron chi connectivity index (χ1n) is 5.04. The molecule has 90 valence electrons. The van der Waals surface area contributed by atoms with Crippen LogP contribution in [0.2, 0.25) is 0 Å². The number of carbonyl (C=O) groups excluding carboxylic acids is 2. The van der Waals surface area contributed by atoms with Crippen molar-refractivity contribution in [3.8, 4) is 0 Å². The molecule has 0 unspecified atom stereocenters. The lowest BCUT2D eigenvalue weighted by atomic mass is 10.1. The Morgan fingerprint density at radius 3 is 2.88 bits per heavy atom. The number of nitrogen functional groups attached to an aromatic ring is 1. The standard InChI is InChI=1S/C12H14N2O2S/c1-9(15)17-7-3-5-10-4-2-6-11(8-10)12(16)14-13/h2-6,8H,7,13H2,1H3,(H,14,16). The van der Waals surface area contributed by atoms with Crippen LogP contribution in [0.4, 0.5) is 0 Å². The summed E-state index contributed by atoms with van der Waals surface area (Å²) >= 11 is 1.24. The lowest BCUT2D eigenvalue weighted by molar-refractivity contribution is -0.109. The second-order valence-electron chi connectivity index (χ2n) is 3.30. The molecule has 0 fully saturated rings. The largest absolute Gasteiger partial charge is 0.290 e. The van der Waals surface area contributed by atoms with Gasteiger partial charge in [-0.1, -0.05) is 36.0 Å². The summed E-state index contributed by atoms with van der Waals surface area (Å²) in [5.41, 5.74) is 3.49. The molecule has 0 atom stereocenters. The smallest absolute Gasteiger partial charge is 0.265 e. The first-order valence-corrected chi connectivity index (χ1v) is 6.03. The van der Waals surface area contributed by atoms with E-state index in [0.717, 1.165) is 5.56 Å². The van der Waals surface area contributed by atoms with Crippen LogP contribution in [-0.4, -0.2) is 16.8 Å². The average molecular weight is 250 g/mol. The van der Waals surface area contributed by atoms with Crippen LogP contribution in [0, 0.1) is 0 Å². The summed E-state index contributed by atoms with van der Waals surface area (Å²) in [6, 6.07) is 7.07. The van der Waals surface area contributed by atoms with Gasteiger partial charge in [-0.3, -0.25) is 15.0 Å². The van der Waals surface area contributed by atoms with Crippen LogP contribution in [-0.2, 0) is 4.79 Å². The molecule has 1 rings (SSSR count). The van der Waals surface area contributed by atoms with E-state index in [2.05, 4.69) is 5.43 Å². The Balaban J connectivity index is 2.65. The minimum Gasteiger partial charge on any atom is -0.290 e. The third-order valence-electron chi connectivity index (χ3n) is 1.97. The van der Waals surface area contributed by atoms with Gasteiger partial charge in [0.15, 0.2) is 5.12 Å². The third-order valence-corrected chi connectivity index (χ3v) is 2.74. The fourth-order valence-electron chi connectivity index (χ4n) is 1.22. The van der Waals surface area contributed by atoms with Gasteiger partial charge in [0.2, 0.25) is 0 Å². The van der Waals surface area contributed by atoms with E-state index in [-0.39, 0.29) is 11.0 Å². The normalized spacial score (nSPS) is 10.5. The molecule has 0 radical (unpaired) electrons. The summed E-state index contributed by atoms with van der Waals surface area (Å²) in [5.74, 6) is 5.36. The summed E-state index contributed by atoms with van der Waals surface area (Å²) in [4.78, 5) is 22.0. The number of benzene rings is 1. The molecule has 0 aliphatic rings. The second-order valence-corrected chi connectivity index (χ2v) is 4.50. The zero-order valence-electron chi connectivity index (χ0n) is 9.47. The van der Waals surface area contributed by atoms with Crippen molar-refractivity contribution in [3.63, 3.8) is 0 Å². The SMILES string of the molecule is CC(=O)SCC=Cc1cccc(C(=O)NN)c1. The second kappa shape index (κ2) is 6.88. The van der Waals surface area contributed by atoms with Gasteiger partial charge in [-0.2, -0.15) is 0 Å². The predicted molar refractivity (Wildman–Crippen MR) is 70.3 cm³/mol. The highest BCUT2D eigenvalue weighted by Crippen LogP contribution is 2.08. The molecule has 5 heteroatoms. The van der Waals surface area contributed by atoms with Crippen LogP contribution in [0.15, 0.2) is 30.3 Å². The van der Waals surface area contributed by atoms with Gasteiger partial charge in [0.05, 0.1) is 0 Å². The molecule has 0 aromatic heterocycles. The number of amides is 1. The average Bonchev–Trinajstić information content (AvgIpc) is 2.34. The van der Waals surface area contributed by atoms with Crippen LogP contribution in [0.1, 0.15) is 22.8 Å². The third kappa shape index (κ3) is 4.84. The number of thioether (sulfide) groups is 1. The van der Waals surface area contributed by atoms with Crippen molar-refractivity contribution >= 4 is 28.9 Å². The minimum atomic E-state index is -0.321. The van der Waals surface area contributed by atoms with Crippen molar-refractivity contribution in [3.05, 3.63) is 41.5 Å². The number of nitrogens with one attached hydrogen (secondary N) is 1. The van der Waals surface area contributed by atoms with E-state index in [1.54, 1.807) is 18.2 Å². The minimum absolute atomic E-state index is 0.0888. The van der Waals surface area contributed by atoms with Gasteiger partial charge in [0.25, 0.3) is 5.91 Å². The Morgan fingerprint density at radius 2 is 2.24 bits per heavy atom. The summed E-state index contributed by atoms with van der Waals surface area (Å²) < 4.78 is 0. The van der Waals surface area contributed by atoms with E-state index in [9.17, 15) is 9.59 Å². The van der Waals surface area contributed by atoms with Gasteiger partial charge in [0.1, 0.15) is 0 Å². The molecule has 4 nitrogen and oxygen atoms in total. The van der Waals surface area contributed by atoms with Crippen molar-refractivity contribution in [2.24, 2.45) is 5.84 Å². The number of hydrogen-bond donors (Lipinski definition) is 2. The van der Waals surface area contributed by atoms with Crippen molar-refractivity contribution in [2.75, 3.05) is 5.75 Å². The van der Waals surface area contributed by atoms with Crippen molar-refractivity contribution in [2.45, 2.75) is 6.92 Å². The fourth-order valence-corrected chi connectivity index (χ4v) is 1.64. The molecule has 1 aromatic rings. The van der Waals surface area contributed by atoms with Gasteiger partial charge in [-0.15, -0.1) is 0 Å². The molecule has 0 aliphatic carbocycles. The number of hydrogen-bond acceptors (Lipinski definition) is 4. The van der Waals surface area contributed by atoms with Crippen molar-refractivity contribution in [1.29, 1.82) is 0 Å². The van der Waals surface area contributed by atoms with Crippen molar-refractivity contribution < 1.29 is 9.59 Å². The summed E-state index contributed by atoms with van der Waals surface area (Å²) in [7, 11) is 0. The topological polar surface area (TPSA) is 72.2 Å². The Hall–Kier alpha value is -1.59. The summed E-state index contributed by atoms with van der Waals surface area (Å²) in [6.45, 7) is 1.53. The van der Waals surface area contributed by atoms with Crippen LogP contribution in [0.3, 0.4) is 0 Å². The molecule has 0 saturated carbocycles. The maximum absolute atomic E-state index is 11.3. The zero-order chi connectivity index (χ0) is 12.7. The fraction of sp³-hybridized carbons (Fsp3) is 0.167. The van der Waals surface area contributed by atoms with Crippen LogP contribution < -0.4 is 11.3 Å². The molecule has 0 saturated heterocycles. The molecule has 0 heterocycles. The molecular formula is C12H14N2O2S. The van der Waals surface area contributed by atoms with Gasteiger partial charge < -0.3 is 0 Å². The molecule has 3 N–H and O–H groups in total. The molecule has 17 heavy (non-hydrogen) atoms. The van der Waals surface area contributed by atoms with E-state index < -0.39 is 0 Å². The zero-order valence-corrected chi connectivity index (χ0v) is 10.3. The first-order chi connectivity index (χ1) is 8.13. The highest BCUT2D eigenvalue weighted by Gasteiger charge is 2.02. The number of nitrogens with two attached hydrogens (primary N) is 1. The Labute approximate surface area is 104 Å². The predicted octanol–water partition coefficient (Wildman–Crippen LogP) is 1.58. The van der Waals surface area contributed by atoms with E-state index in [1.165, 1.54) is 18.7 Å². The lowest BCUT2D eigenvalue weighted by Gasteiger charge is -2.00. The molecule has 0 spiro atoms. The van der Waals surface area contributed by atoms with Crippen LogP contribution >= 0.6 is 11.8 Å². The van der Waals surface area contributed by atoms with Gasteiger partial charge >= 0.3 is 0 Å². The number of rotatable bonds is 4. The Morgan fingerprint density at radius 1 is 1.47 bits per heavy atom. The van der Waals surface area contributed by atoms with E-state index in [0.29, 0.717) is 11.3 Å². The molecule has 0 aliphatic heterocycles. The van der Waals surface area contributed by atoms with Gasteiger partial charge in [0, 0.05) is 18.2 Å². The van der Waals surface area contributed by atoms with E-state index >= 15 is 0 Å². The van der Waals surface area contributed by atoms with Gasteiger partial charge in [-0.05, 0) is 17.7 Å². The summed E-state index contributed by atoms with van der Waals surface area (Å²) in [5, 5.41) is 0.0888. The van der Waals surface area contributed by atoms with E-state index in [1.807, 2.05) is 18.2 Å². The monoisotopic (exact) mass is 250 g/mol. The highest BCUT2D eigenvalue weighted by molar-refractivity contribution is 8.13. The summed E-state index contributed by atoms with van der Waals surface area (Å²) in [6.07, 6.45) is 3.74. The van der Waals surface area contributed by atoms with E-state index in [4.69, 9.17) is 5.84 Å². The van der Waals surface area contributed by atoms with Gasteiger partial charge in [-0.25, -0.2) is 5.84 Å². The van der Waals surface area contributed by atoms with Crippen molar-refractivity contribution in [1.82, 2.24) is 5.43 Å². The highest BCUT2D eigenvalue weighted by atomic mass is 32.2. The first kappa shape index (κ1) is 13.5. The molecule has 0 bridgehead atoms. The Kier molecular flexibility index (Phi) is 5.45. The molecule has 1 aromatic carbocycles. The lowest BCUT2D eigenvalue weighted by Crippen LogP contribution is -2.29. The van der Waals surface area contributed by atoms with Crippen LogP contribution in [0.25, 0.3) is 6.08 Å². The number of carbonyl (C=O) groups is 2. The number of hydrazine groups is 1. The maximum atomic E-state index is 11.3.